The molecule has 0 spiro atoms. The zero-order valence-corrected chi connectivity index (χ0v) is 19.9. The first kappa shape index (κ1) is 23.5. The number of benzene rings is 2. The maximum absolute atomic E-state index is 15.1. The summed E-state index contributed by atoms with van der Waals surface area (Å²) in [5, 5.41) is 4.67. The van der Waals surface area contributed by atoms with Crippen LogP contribution in [0, 0.1) is 0 Å². The fraction of sp³-hybridized carbons (Fsp3) is 0.391. The topological polar surface area (TPSA) is 105 Å². The van der Waals surface area contributed by atoms with Crippen molar-refractivity contribution in [1.29, 1.82) is 0 Å². The van der Waals surface area contributed by atoms with Crippen LogP contribution in [0.3, 0.4) is 0 Å². The van der Waals surface area contributed by atoms with E-state index in [-0.39, 0.29) is 24.5 Å². The fourth-order valence-electron chi connectivity index (χ4n) is 4.81. The van der Waals surface area contributed by atoms with E-state index < -0.39 is 40.6 Å². The Hall–Kier alpha value is -3.25. The van der Waals surface area contributed by atoms with Crippen LogP contribution < -0.4 is 14.4 Å². The van der Waals surface area contributed by atoms with Crippen LogP contribution >= 0.6 is 0 Å². The van der Waals surface area contributed by atoms with Crippen LogP contribution in [0.1, 0.15) is 13.3 Å². The Balaban J connectivity index is 1.53. The Morgan fingerprint density at radius 3 is 2.69 bits per heavy atom. The van der Waals surface area contributed by atoms with Crippen molar-refractivity contribution in [2.75, 3.05) is 30.9 Å². The van der Waals surface area contributed by atoms with Gasteiger partial charge in [-0.05, 0) is 25.5 Å². The van der Waals surface area contributed by atoms with E-state index >= 15 is 8.78 Å². The third kappa shape index (κ3) is 3.80. The largest absolute Gasteiger partial charge is 0.496 e. The molecular weight excluding hydrogens is 482 g/mol. The quantitative estimate of drug-likeness (QED) is 0.549. The number of amides is 2. The second-order valence-electron chi connectivity index (χ2n) is 8.52. The minimum Gasteiger partial charge on any atom is -0.496 e. The summed E-state index contributed by atoms with van der Waals surface area (Å²) in [7, 11) is -2.33. The van der Waals surface area contributed by atoms with Crippen molar-refractivity contribution in [3.8, 4) is 16.9 Å². The zero-order chi connectivity index (χ0) is 25.0. The van der Waals surface area contributed by atoms with Gasteiger partial charge in [0.25, 0.3) is 5.92 Å². The van der Waals surface area contributed by atoms with Crippen molar-refractivity contribution in [1.82, 2.24) is 14.8 Å². The molecule has 2 amide bonds. The number of carbonyl (C=O) groups is 1. The van der Waals surface area contributed by atoms with E-state index in [2.05, 4.69) is 9.88 Å². The number of halogens is 2. The number of methoxy groups -OCH3 is 1. The molecule has 1 aromatic heterocycles. The minimum absolute atomic E-state index is 0.0231. The number of para-hydroxylation sites is 1. The summed E-state index contributed by atoms with van der Waals surface area (Å²) in [6.07, 6.45) is -0.0612. The SMILES string of the molecule is CCS(=O)(=O)N[C@@H]1CN2C(=O)N(c3noc4cccc(-c5ccccc5OC)c34)CC[C@@H]2C1(F)F. The third-order valence-electron chi connectivity index (χ3n) is 6.60. The number of fused-ring (bicyclic) bond motifs is 2. The number of alkyl halides is 2. The minimum atomic E-state index is -3.88. The molecule has 9 nitrogen and oxygen atoms in total. The summed E-state index contributed by atoms with van der Waals surface area (Å²) in [4.78, 5) is 15.8. The van der Waals surface area contributed by atoms with E-state index in [1.807, 2.05) is 30.3 Å². The van der Waals surface area contributed by atoms with Gasteiger partial charge in [-0.3, -0.25) is 4.90 Å². The number of ether oxygens (including phenoxy) is 1. The van der Waals surface area contributed by atoms with Gasteiger partial charge in [0, 0.05) is 24.2 Å². The molecule has 2 fully saturated rings. The number of hydrogen-bond donors (Lipinski definition) is 1. The molecule has 2 aliphatic rings. The molecule has 0 radical (unpaired) electrons. The van der Waals surface area contributed by atoms with Gasteiger partial charge in [0.1, 0.15) is 17.8 Å². The maximum Gasteiger partial charge on any atom is 0.326 e. The second kappa shape index (κ2) is 8.45. The highest BCUT2D eigenvalue weighted by Crippen LogP contribution is 2.43. The standard InChI is InChI=1S/C23H24F2N4O5S/c1-3-35(31,32)27-18-13-29-19(23(18,24)25)11-12-28(22(29)30)21-20-15(8-6-10-17(20)34-26-21)14-7-4-5-9-16(14)33-2/h4-10,18-19,27H,3,11-13H2,1-2H3/t18-,19-/m1/s1. The number of sulfonamides is 1. The molecule has 2 atom stereocenters. The van der Waals surface area contributed by atoms with E-state index in [4.69, 9.17) is 9.26 Å². The van der Waals surface area contributed by atoms with Crippen molar-refractivity contribution < 1.29 is 31.3 Å². The van der Waals surface area contributed by atoms with Crippen LogP contribution in [-0.2, 0) is 10.0 Å². The summed E-state index contributed by atoms with van der Waals surface area (Å²) in [6, 6.07) is 8.92. The highest BCUT2D eigenvalue weighted by molar-refractivity contribution is 7.89. The predicted octanol–water partition coefficient (Wildman–Crippen LogP) is 3.46. The number of nitrogens with zero attached hydrogens (tertiary/aromatic N) is 3. The van der Waals surface area contributed by atoms with Crippen molar-refractivity contribution in [2.24, 2.45) is 0 Å². The van der Waals surface area contributed by atoms with E-state index in [1.54, 1.807) is 19.2 Å². The Kier molecular flexibility index (Phi) is 5.67. The molecule has 5 rings (SSSR count). The van der Waals surface area contributed by atoms with Crippen LogP contribution in [0.4, 0.5) is 19.4 Å². The van der Waals surface area contributed by atoms with Crippen molar-refractivity contribution >= 4 is 32.8 Å². The number of urea groups is 1. The van der Waals surface area contributed by atoms with E-state index in [0.717, 1.165) is 10.5 Å². The van der Waals surface area contributed by atoms with Gasteiger partial charge in [0.05, 0.1) is 18.2 Å². The monoisotopic (exact) mass is 506 g/mol. The number of carbonyl (C=O) groups excluding carboxylic acids is 1. The Bertz CT molecular complexity index is 1390. The lowest BCUT2D eigenvalue weighted by Crippen LogP contribution is -2.56. The number of anilines is 1. The van der Waals surface area contributed by atoms with E-state index in [1.165, 1.54) is 11.8 Å². The van der Waals surface area contributed by atoms with Gasteiger partial charge >= 0.3 is 6.03 Å². The highest BCUT2D eigenvalue weighted by Gasteiger charge is 2.60. The molecule has 0 bridgehead atoms. The first-order chi connectivity index (χ1) is 16.7. The molecule has 2 aliphatic heterocycles. The van der Waals surface area contributed by atoms with Gasteiger partial charge in [0.2, 0.25) is 10.0 Å². The third-order valence-corrected chi connectivity index (χ3v) is 8.01. The molecule has 35 heavy (non-hydrogen) atoms. The van der Waals surface area contributed by atoms with Crippen LogP contribution in [0.5, 0.6) is 5.75 Å². The number of aromatic nitrogens is 1. The smallest absolute Gasteiger partial charge is 0.326 e. The Morgan fingerprint density at radius 1 is 1.20 bits per heavy atom. The average Bonchev–Trinajstić information content (AvgIpc) is 3.38. The van der Waals surface area contributed by atoms with Crippen LogP contribution in [0.25, 0.3) is 22.1 Å². The zero-order valence-electron chi connectivity index (χ0n) is 19.1. The van der Waals surface area contributed by atoms with Gasteiger partial charge in [-0.2, -0.15) is 0 Å². The van der Waals surface area contributed by atoms with Gasteiger partial charge in [-0.25, -0.2) is 26.7 Å². The van der Waals surface area contributed by atoms with Crippen molar-refractivity contribution in [2.45, 2.75) is 31.4 Å². The van der Waals surface area contributed by atoms with Crippen LogP contribution in [0.2, 0.25) is 0 Å². The number of rotatable bonds is 6. The molecule has 3 aromatic rings. The highest BCUT2D eigenvalue weighted by atomic mass is 32.2. The number of nitrogens with one attached hydrogen (secondary N) is 1. The Labute approximate surface area is 200 Å². The van der Waals surface area contributed by atoms with Crippen molar-refractivity contribution in [3.05, 3.63) is 42.5 Å². The van der Waals surface area contributed by atoms with Crippen molar-refractivity contribution in [3.63, 3.8) is 0 Å². The fourth-order valence-corrected chi connectivity index (χ4v) is 5.64. The lowest BCUT2D eigenvalue weighted by Gasteiger charge is -2.37. The normalized spacial score (nSPS) is 22.0. The summed E-state index contributed by atoms with van der Waals surface area (Å²) in [5.74, 6) is -2.91. The van der Waals surface area contributed by atoms with Gasteiger partial charge in [-0.1, -0.05) is 35.5 Å². The second-order valence-corrected chi connectivity index (χ2v) is 10.6. The molecule has 0 unspecified atom stereocenters. The molecule has 186 valence electrons. The van der Waals surface area contributed by atoms with Gasteiger partial charge < -0.3 is 14.2 Å². The lowest BCUT2D eigenvalue weighted by molar-refractivity contribution is -0.0448. The summed E-state index contributed by atoms with van der Waals surface area (Å²) >= 11 is 0. The van der Waals surface area contributed by atoms with Crippen LogP contribution in [-0.4, -0.2) is 68.5 Å². The van der Waals surface area contributed by atoms with E-state index in [0.29, 0.717) is 22.3 Å². The summed E-state index contributed by atoms with van der Waals surface area (Å²) in [5.41, 5.74) is 1.90. The summed E-state index contributed by atoms with van der Waals surface area (Å²) < 4.78 is 67.1. The maximum atomic E-state index is 15.1. The molecule has 3 heterocycles. The van der Waals surface area contributed by atoms with Crippen LogP contribution in [0.15, 0.2) is 47.0 Å². The summed E-state index contributed by atoms with van der Waals surface area (Å²) in [6.45, 7) is 0.900. The van der Waals surface area contributed by atoms with E-state index in [9.17, 15) is 13.2 Å². The molecule has 2 aromatic carbocycles. The first-order valence-electron chi connectivity index (χ1n) is 11.2. The molecule has 12 heteroatoms. The molecule has 0 aliphatic carbocycles. The molecular formula is C23H24F2N4O5S. The van der Waals surface area contributed by atoms with Gasteiger partial charge in [-0.15, -0.1) is 0 Å². The van der Waals surface area contributed by atoms with Gasteiger partial charge in [0.15, 0.2) is 11.4 Å². The Morgan fingerprint density at radius 2 is 1.94 bits per heavy atom. The average molecular weight is 507 g/mol. The lowest BCUT2D eigenvalue weighted by atomic mass is 9.99. The molecule has 0 saturated carbocycles. The molecule has 1 N–H and O–H groups in total. The number of hydrogen-bond acceptors (Lipinski definition) is 6. The predicted molar refractivity (Wildman–Crippen MR) is 125 cm³/mol. The first-order valence-corrected chi connectivity index (χ1v) is 12.8. The molecule has 2 saturated heterocycles.